The average Bonchev–Trinajstić information content (AvgIpc) is 2.85. The number of fused-ring (bicyclic) bond motifs is 1. The van der Waals surface area contributed by atoms with E-state index in [0.29, 0.717) is 5.56 Å². The van der Waals surface area contributed by atoms with Crippen molar-refractivity contribution in [2.24, 2.45) is 5.10 Å². The lowest BCUT2D eigenvalue weighted by atomic mass is 10.1. The molecule has 0 radical (unpaired) electrons. The van der Waals surface area contributed by atoms with E-state index < -0.39 is 10.0 Å². The molecule has 0 saturated heterocycles. The second kappa shape index (κ2) is 6.13. The van der Waals surface area contributed by atoms with Crippen LogP contribution in [0.15, 0.2) is 52.5 Å². The fourth-order valence-corrected chi connectivity index (χ4v) is 3.79. The van der Waals surface area contributed by atoms with Gasteiger partial charge in [0.1, 0.15) is 0 Å². The van der Waals surface area contributed by atoms with E-state index in [0.717, 1.165) is 27.7 Å². The molecule has 0 aliphatic carbocycles. The van der Waals surface area contributed by atoms with Crippen LogP contribution in [0.25, 0.3) is 10.9 Å². The largest absolute Gasteiger partial charge is 0.358 e. The fraction of sp³-hybridized carbons (Fsp3) is 0.167. The lowest BCUT2D eigenvalue weighted by molar-refractivity contribution is 0.584. The van der Waals surface area contributed by atoms with Crippen LogP contribution in [-0.4, -0.2) is 19.6 Å². The summed E-state index contributed by atoms with van der Waals surface area (Å²) in [6, 6.07) is 13.1. The number of nitrogens with zero attached hydrogens (tertiary/aromatic N) is 1. The summed E-state index contributed by atoms with van der Waals surface area (Å²) >= 11 is 0. The molecule has 0 aliphatic rings. The molecule has 2 aromatic carbocycles. The zero-order valence-corrected chi connectivity index (χ0v) is 14.6. The van der Waals surface area contributed by atoms with Crippen LogP contribution >= 0.6 is 0 Å². The lowest BCUT2D eigenvalue weighted by Gasteiger charge is -2.07. The average molecular weight is 341 g/mol. The van der Waals surface area contributed by atoms with Gasteiger partial charge in [-0.05, 0) is 44.0 Å². The van der Waals surface area contributed by atoms with Gasteiger partial charge in [-0.1, -0.05) is 30.3 Å². The molecule has 1 heterocycles. The molecule has 0 aliphatic heterocycles. The molecule has 3 aromatic rings. The van der Waals surface area contributed by atoms with Gasteiger partial charge in [0.15, 0.2) is 0 Å². The Labute approximate surface area is 141 Å². The first-order valence-corrected chi connectivity index (χ1v) is 9.06. The minimum atomic E-state index is -3.69. The number of para-hydroxylation sites is 1. The molecule has 0 spiro atoms. The predicted octanol–water partition coefficient (Wildman–Crippen LogP) is 3.41. The molecule has 0 amide bonds. The molecule has 124 valence electrons. The smallest absolute Gasteiger partial charge is 0.276 e. The molecule has 0 unspecified atom stereocenters. The van der Waals surface area contributed by atoms with Crippen molar-refractivity contribution in [1.82, 2.24) is 9.82 Å². The van der Waals surface area contributed by atoms with Crippen molar-refractivity contribution in [2.45, 2.75) is 25.7 Å². The molecule has 6 heteroatoms. The van der Waals surface area contributed by atoms with E-state index in [1.165, 1.54) is 6.21 Å². The topological polar surface area (TPSA) is 74.3 Å². The standard InChI is InChI=1S/C18H19N3O2S/c1-12-8-9-13(2)18(10-12)24(22,23)21-19-11-16-14(3)20-17-7-5-4-6-15(16)17/h4-11,20-21H,1-3H3/b19-11+. The van der Waals surface area contributed by atoms with E-state index in [9.17, 15) is 8.42 Å². The minimum absolute atomic E-state index is 0.246. The highest BCUT2D eigenvalue weighted by molar-refractivity contribution is 7.89. The van der Waals surface area contributed by atoms with Crippen LogP contribution in [0, 0.1) is 20.8 Å². The summed E-state index contributed by atoms with van der Waals surface area (Å²) in [4.78, 5) is 5.80. The zero-order chi connectivity index (χ0) is 17.3. The normalized spacial score (nSPS) is 12.1. The van der Waals surface area contributed by atoms with Gasteiger partial charge in [-0.15, -0.1) is 0 Å². The van der Waals surface area contributed by atoms with Crippen LogP contribution in [0.3, 0.4) is 0 Å². The number of aromatic amines is 1. The number of aryl methyl sites for hydroxylation is 3. The second-order valence-electron chi connectivity index (χ2n) is 5.83. The predicted molar refractivity (Wildman–Crippen MR) is 96.9 cm³/mol. The highest BCUT2D eigenvalue weighted by atomic mass is 32.2. The van der Waals surface area contributed by atoms with Gasteiger partial charge in [-0.25, -0.2) is 4.83 Å². The number of aromatic nitrogens is 1. The van der Waals surface area contributed by atoms with Crippen LogP contribution in [-0.2, 0) is 10.0 Å². The molecule has 2 N–H and O–H groups in total. The maximum atomic E-state index is 12.4. The molecule has 0 saturated carbocycles. The van der Waals surface area contributed by atoms with E-state index in [2.05, 4.69) is 14.9 Å². The SMILES string of the molecule is Cc1ccc(C)c(S(=O)(=O)N/N=C/c2c(C)[nH]c3ccccc23)c1. The molecular weight excluding hydrogens is 322 g/mol. The van der Waals surface area contributed by atoms with Gasteiger partial charge >= 0.3 is 0 Å². The summed E-state index contributed by atoms with van der Waals surface area (Å²) < 4.78 is 24.9. The van der Waals surface area contributed by atoms with Crippen molar-refractivity contribution in [3.63, 3.8) is 0 Å². The van der Waals surface area contributed by atoms with Crippen molar-refractivity contribution >= 4 is 27.1 Å². The minimum Gasteiger partial charge on any atom is -0.358 e. The lowest BCUT2D eigenvalue weighted by Crippen LogP contribution is -2.19. The Morgan fingerprint density at radius 1 is 1.08 bits per heavy atom. The zero-order valence-electron chi connectivity index (χ0n) is 13.8. The van der Waals surface area contributed by atoms with Crippen molar-refractivity contribution in [1.29, 1.82) is 0 Å². The summed E-state index contributed by atoms with van der Waals surface area (Å²) in [5.74, 6) is 0. The Bertz CT molecular complexity index is 1030. The number of H-pyrrole nitrogens is 1. The molecule has 1 aromatic heterocycles. The van der Waals surface area contributed by atoms with E-state index in [-0.39, 0.29) is 4.90 Å². The molecule has 24 heavy (non-hydrogen) atoms. The van der Waals surface area contributed by atoms with Crippen LogP contribution in [0.1, 0.15) is 22.4 Å². The quantitative estimate of drug-likeness (QED) is 0.564. The van der Waals surface area contributed by atoms with Gasteiger partial charge in [0, 0.05) is 22.2 Å². The number of hydrogen-bond donors (Lipinski definition) is 2. The third-order valence-corrected chi connectivity index (χ3v) is 5.31. The molecule has 0 bridgehead atoms. The van der Waals surface area contributed by atoms with Crippen LogP contribution in [0.5, 0.6) is 0 Å². The summed E-state index contributed by atoms with van der Waals surface area (Å²) in [5, 5.41) is 4.97. The van der Waals surface area contributed by atoms with Crippen molar-refractivity contribution in [3.8, 4) is 0 Å². The molecule has 0 fully saturated rings. The number of hydrazone groups is 1. The first kappa shape index (κ1) is 16.3. The number of nitrogens with one attached hydrogen (secondary N) is 2. The maximum absolute atomic E-state index is 12.4. The monoisotopic (exact) mass is 341 g/mol. The highest BCUT2D eigenvalue weighted by Crippen LogP contribution is 2.20. The Morgan fingerprint density at radius 2 is 1.83 bits per heavy atom. The van der Waals surface area contributed by atoms with Crippen molar-refractivity contribution in [2.75, 3.05) is 0 Å². The molecule has 5 nitrogen and oxygen atoms in total. The van der Waals surface area contributed by atoms with Crippen LogP contribution in [0.4, 0.5) is 0 Å². The van der Waals surface area contributed by atoms with Gasteiger partial charge < -0.3 is 4.98 Å². The van der Waals surface area contributed by atoms with Gasteiger partial charge in [-0.2, -0.15) is 13.5 Å². The highest BCUT2D eigenvalue weighted by Gasteiger charge is 2.16. The third kappa shape index (κ3) is 3.05. The molecule has 0 atom stereocenters. The number of hydrogen-bond acceptors (Lipinski definition) is 3. The first-order valence-electron chi connectivity index (χ1n) is 7.58. The van der Waals surface area contributed by atoms with E-state index >= 15 is 0 Å². The number of rotatable bonds is 4. The number of benzene rings is 2. The Morgan fingerprint density at radius 3 is 2.62 bits per heavy atom. The third-order valence-electron chi connectivity index (χ3n) is 3.94. The van der Waals surface area contributed by atoms with E-state index in [1.54, 1.807) is 19.1 Å². The van der Waals surface area contributed by atoms with Crippen molar-refractivity contribution < 1.29 is 8.42 Å². The van der Waals surface area contributed by atoms with E-state index in [4.69, 9.17) is 0 Å². The van der Waals surface area contributed by atoms with Gasteiger partial charge in [0.25, 0.3) is 10.0 Å². The van der Waals surface area contributed by atoms with Gasteiger partial charge in [0.2, 0.25) is 0 Å². The number of sulfonamides is 1. The summed E-state index contributed by atoms with van der Waals surface area (Å²) in [6.45, 7) is 5.55. The van der Waals surface area contributed by atoms with E-state index in [1.807, 2.05) is 44.2 Å². The van der Waals surface area contributed by atoms with Crippen molar-refractivity contribution in [3.05, 3.63) is 64.8 Å². The second-order valence-corrected chi connectivity index (χ2v) is 7.46. The summed E-state index contributed by atoms with van der Waals surface area (Å²) in [7, 11) is -3.69. The molecule has 3 rings (SSSR count). The fourth-order valence-electron chi connectivity index (χ4n) is 2.67. The Kier molecular flexibility index (Phi) is 4.15. The van der Waals surface area contributed by atoms with Gasteiger partial charge in [0.05, 0.1) is 11.1 Å². The Hall–Kier alpha value is -2.60. The summed E-state index contributed by atoms with van der Waals surface area (Å²) in [6.07, 6.45) is 1.54. The summed E-state index contributed by atoms with van der Waals surface area (Å²) in [5.41, 5.74) is 4.37. The Balaban J connectivity index is 1.90. The van der Waals surface area contributed by atoms with Crippen LogP contribution < -0.4 is 4.83 Å². The molecular formula is C18H19N3O2S. The van der Waals surface area contributed by atoms with Crippen LogP contribution in [0.2, 0.25) is 0 Å². The van der Waals surface area contributed by atoms with Gasteiger partial charge in [-0.3, -0.25) is 0 Å². The maximum Gasteiger partial charge on any atom is 0.276 e. The first-order chi connectivity index (χ1) is 11.4.